The molecule has 0 saturated carbocycles. The number of nitrogens with two attached hydrogens (primary N) is 1. The summed E-state index contributed by atoms with van der Waals surface area (Å²) < 4.78 is 14.5. The first-order chi connectivity index (χ1) is 9.38. The van der Waals surface area contributed by atoms with Crippen molar-refractivity contribution in [1.29, 1.82) is 0 Å². The predicted octanol–water partition coefficient (Wildman–Crippen LogP) is 3.98. The number of aryl methyl sites for hydroxylation is 1. The Morgan fingerprint density at radius 2 is 2.00 bits per heavy atom. The fraction of sp³-hybridized carbons (Fsp3) is 0.333. The number of rotatable bonds is 3. The zero-order chi connectivity index (χ0) is 14.9. The summed E-state index contributed by atoms with van der Waals surface area (Å²) in [5.74, 6) is 1.15. The zero-order valence-corrected chi connectivity index (χ0v) is 13.9. The normalized spacial score (nSPS) is 11.1. The highest BCUT2D eigenvalue weighted by molar-refractivity contribution is 14.1. The van der Waals surface area contributed by atoms with E-state index < -0.39 is 0 Å². The van der Waals surface area contributed by atoms with Crippen LogP contribution >= 0.6 is 22.6 Å². The van der Waals surface area contributed by atoms with Crippen molar-refractivity contribution < 1.29 is 4.39 Å². The molecule has 1 aromatic heterocycles. The van der Waals surface area contributed by atoms with Crippen LogP contribution in [0.25, 0.3) is 11.4 Å². The van der Waals surface area contributed by atoms with Crippen LogP contribution in [-0.2, 0) is 6.42 Å². The van der Waals surface area contributed by atoms with Crippen molar-refractivity contribution in [3.8, 4) is 11.4 Å². The van der Waals surface area contributed by atoms with Gasteiger partial charge in [0.1, 0.15) is 11.6 Å². The van der Waals surface area contributed by atoms with Gasteiger partial charge >= 0.3 is 0 Å². The molecule has 3 nitrogen and oxygen atoms in total. The van der Waals surface area contributed by atoms with E-state index in [0.717, 1.165) is 15.7 Å². The lowest BCUT2D eigenvalue weighted by atomic mass is 10.1. The SMILES string of the molecule is Cc1ccc(-c2nc(N)c(I)c(CC(C)C)n2)cc1F. The molecule has 5 heteroatoms. The summed E-state index contributed by atoms with van der Waals surface area (Å²) in [6, 6.07) is 5.00. The largest absolute Gasteiger partial charge is 0.383 e. The smallest absolute Gasteiger partial charge is 0.161 e. The van der Waals surface area contributed by atoms with Crippen LogP contribution in [0.5, 0.6) is 0 Å². The van der Waals surface area contributed by atoms with Crippen molar-refractivity contribution in [2.75, 3.05) is 5.73 Å². The number of nitrogens with zero attached hydrogens (tertiary/aromatic N) is 2. The summed E-state index contributed by atoms with van der Waals surface area (Å²) in [5, 5.41) is 0. The zero-order valence-electron chi connectivity index (χ0n) is 11.7. The molecule has 2 N–H and O–H groups in total. The molecule has 0 atom stereocenters. The van der Waals surface area contributed by atoms with Gasteiger partial charge in [-0.05, 0) is 53.5 Å². The number of hydrogen-bond donors (Lipinski definition) is 1. The number of anilines is 1. The van der Waals surface area contributed by atoms with Crippen LogP contribution in [0, 0.1) is 22.2 Å². The molecule has 0 radical (unpaired) electrons. The highest BCUT2D eigenvalue weighted by Crippen LogP contribution is 2.25. The Kier molecular flexibility index (Phi) is 4.57. The van der Waals surface area contributed by atoms with Gasteiger partial charge in [0, 0.05) is 5.56 Å². The van der Waals surface area contributed by atoms with Crippen molar-refractivity contribution in [2.24, 2.45) is 5.92 Å². The van der Waals surface area contributed by atoms with E-state index in [2.05, 4.69) is 46.4 Å². The van der Waals surface area contributed by atoms with Gasteiger partial charge in [-0.2, -0.15) is 0 Å². The predicted molar refractivity (Wildman–Crippen MR) is 87.8 cm³/mol. The second-order valence-electron chi connectivity index (χ2n) is 5.26. The van der Waals surface area contributed by atoms with E-state index in [1.165, 1.54) is 6.07 Å². The molecule has 0 spiro atoms. The minimum absolute atomic E-state index is 0.256. The fourth-order valence-corrected chi connectivity index (χ4v) is 2.36. The Bertz CT molecular complexity index is 641. The van der Waals surface area contributed by atoms with Crippen LogP contribution in [0.3, 0.4) is 0 Å². The van der Waals surface area contributed by atoms with Gasteiger partial charge in [-0.3, -0.25) is 0 Å². The Morgan fingerprint density at radius 1 is 1.30 bits per heavy atom. The standard InChI is InChI=1S/C15H17FIN3/c1-8(2)6-12-13(17)14(18)20-15(19-12)10-5-4-9(3)11(16)7-10/h4-5,7-8H,6H2,1-3H3,(H2,18,19,20). The molecular weight excluding hydrogens is 368 g/mol. The monoisotopic (exact) mass is 385 g/mol. The third kappa shape index (κ3) is 3.26. The van der Waals surface area contributed by atoms with Gasteiger partial charge in [0.2, 0.25) is 0 Å². The van der Waals surface area contributed by atoms with Crippen LogP contribution in [0.4, 0.5) is 10.2 Å². The number of aromatic nitrogens is 2. The van der Waals surface area contributed by atoms with Crippen molar-refractivity contribution in [2.45, 2.75) is 27.2 Å². The van der Waals surface area contributed by atoms with Gasteiger partial charge in [0.15, 0.2) is 5.82 Å². The second-order valence-corrected chi connectivity index (χ2v) is 6.33. The highest BCUT2D eigenvalue weighted by atomic mass is 127. The van der Waals surface area contributed by atoms with E-state index in [-0.39, 0.29) is 5.82 Å². The first kappa shape index (κ1) is 15.2. The van der Waals surface area contributed by atoms with E-state index in [0.29, 0.717) is 28.7 Å². The van der Waals surface area contributed by atoms with Crippen LogP contribution in [0.1, 0.15) is 25.1 Å². The fourth-order valence-electron chi connectivity index (χ4n) is 1.90. The molecule has 2 aromatic rings. The minimum atomic E-state index is -0.256. The second kappa shape index (κ2) is 6.03. The summed E-state index contributed by atoms with van der Waals surface area (Å²) in [6.07, 6.45) is 0.826. The molecule has 0 amide bonds. The van der Waals surface area contributed by atoms with Crippen molar-refractivity contribution >= 4 is 28.4 Å². The average molecular weight is 385 g/mol. The summed E-state index contributed by atoms with van der Waals surface area (Å²) in [4.78, 5) is 8.82. The van der Waals surface area contributed by atoms with Gasteiger partial charge in [0.25, 0.3) is 0 Å². The summed E-state index contributed by atoms with van der Waals surface area (Å²) in [7, 11) is 0. The maximum atomic E-state index is 13.7. The molecule has 2 rings (SSSR count). The first-order valence-corrected chi connectivity index (χ1v) is 7.54. The van der Waals surface area contributed by atoms with Crippen molar-refractivity contribution in [1.82, 2.24) is 9.97 Å². The van der Waals surface area contributed by atoms with Gasteiger partial charge in [-0.15, -0.1) is 0 Å². The van der Waals surface area contributed by atoms with Crippen molar-refractivity contribution in [3.05, 3.63) is 38.8 Å². The average Bonchev–Trinajstić information content (AvgIpc) is 2.37. The van der Waals surface area contributed by atoms with Gasteiger partial charge in [-0.25, -0.2) is 14.4 Å². The maximum Gasteiger partial charge on any atom is 0.161 e. The molecule has 0 fully saturated rings. The summed E-state index contributed by atoms with van der Waals surface area (Å²) in [6.45, 7) is 5.98. The molecule has 0 saturated heterocycles. The lowest BCUT2D eigenvalue weighted by molar-refractivity contribution is 0.618. The molecule has 1 aromatic carbocycles. The molecule has 106 valence electrons. The van der Waals surface area contributed by atoms with E-state index in [1.807, 2.05) is 6.07 Å². The summed E-state index contributed by atoms with van der Waals surface area (Å²) in [5.41, 5.74) is 8.13. The molecular formula is C15H17FIN3. The van der Waals surface area contributed by atoms with Gasteiger partial charge < -0.3 is 5.73 Å². The Hall–Kier alpha value is -1.24. The lowest BCUT2D eigenvalue weighted by Gasteiger charge is -2.11. The van der Waals surface area contributed by atoms with Crippen molar-refractivity contribution in [3.63, 3.8) is 0 Å². The number of hydrogen-bond acceptors (Lipinski definition) is 3. The maximum absolute atomic E-state index is 13.7. The molecule has 0 aliphatic carbocycles. The first-order valence-electron chi connectivity index (χ1n) is 6.47. The molecule has 20 heavy (non-hydrogen) atoms. The van der Waals surface area contributed by atoms with E-state index in [9.17, 15) is 4.39 Å². The molecule has 0 aliphatic heterocycles. The molecule has 0 aliphatic rings. The minimum Gasteiger partial charge on any atom is -0.383 e. The molecule has 0 bridgehead atoms. The molecule has 0 unspecified atom stereocenters. The Morgan fingerprint density at radius 3 is 2.60 bits per heavy atom. The number of nitrogen functional groups attached to an aromatic ring is 1. The quantitative estimate of drug-likeness (QED) is 0.814. The highest BCUT2D eigenvalue weighted by Gasteiger charge is 2.13. The lowest BCUT2D eigenvalue weighted by Crippen LogP contribution is -2.07. The van der Waals surface area contributed by atoms with Crippen LogP contribution in [-0.4, -0.2) is 9.97 Å². The number of benzene rings is 1. The van der Waals surface area contributed by atoms with E-state index >= 15 is 0 Å². The molecule has 1 heterocycles. The van der Waals surface area contributed by atoms with E-state index in [4.69, 9.17) is 5.73 Å². The number of halogens is 2. The van der Waals surface area contributed by atoms with Gasteiger partial charge in [0.05, 0.1) is 9.26 Å². The third-order valence-electron chi connectivity index (χ3n) is 2.98. The Balaban J connectivity index is 2.51. The Labute approximate surface area is 132 Å². The third-order valence-corrected chi connectivity index (χ3v) is 4.15. The summed E-state index contributed by atoms with van der Waals surface area (Å²) >= 11 is 2.16. The van der Waals surface area contributed by atoms with Crippen LogP contribution in [0.15, 0.2) is 18.2 Å². The topological polar surface area (TPSA) is 51.8 Å². The van der Waals surface area contributed by atoms with E-state index in [1.54, 1.807) is 13.0 Å². The van der Waals surface area contributed by atoms with Gasteiger partial charge in [-0.1, -0.05) is 26.0 Å². The van der Waals surface area contributed by atoms with Crippen LogP contribution in [0.2, 0.25) is 0 Å². The van der Waals surface area contributed by atoms with Crippen LogP contribution < -0.4 is 5.73 Å².